The van der Waals surface area contributed by atoms with E-state index in [2.05, 4.69) is 10.1 Å². The highest BCUT2D eigenvalue weighted by Gasteiger charge is 2.17. The van der Waals surface area contributed by atoms with E-state index in [9.17, 15) is 0 Å². The number of nitrogens with zero attached hydrogens (tertiary/aromatic N) is 2. The van der Waals surface area contributed by atoms with Crippen LogP contribution < -0.4 is 5.73 Å². The van der Waals surface area contributed by atoms with Gasteiger partial charge in [-0.25, -0.2) is 0 Å². The lowest BCUT2D eigenvalue weighted by molar-refractivity contribution is 0.126. The number of ether oxygens (including phenoxy) is 1. The van der Waals surface area contributed by atoms with Gasteiger partial charge in [0.15, 0.2) is 5.82 Å². The maximum Gasteiger partial charge on any atom is 0.261 e. The highest BCUT2D eigenvalue weighted by molar-refractivity contribution is 6.37. The smallest absolute Gasteiger partial charge is 0.261 e. The van der Waals surface area contributed by atoms with Crippen LogP contribution in [-0.2, 0) is 11.3 Å². The predicted molar refractivity (Wildman–Crippen MR) is 69.5 cm³/mol. The molecule has 96 valence electrons. The van der Waals surface area contributed by atoms with Crippen molar-refractivity contribution in [2.45, 2.75) is 13.5 Å². The van der Waals surface area contributed by atoms with Gasteiger partial charge in [0.2, 0.25) is 0 Å². The number of anilines is 1. The first-order valence-corrected chi connectivity index (χ1v) is 6.03. The highest BCUT2D eigenvalue weighted by atomic mass is 35.5. The number of halogens is 2. The second-order valence-electron chi connectivity index (χ2n) is 3.47. The largest absolute Gasteiger partial charge is 0.397 e. The molecule has 0 aliphatic carbocycles. The number of hydrogen-bond donors (Lipinski definition) is 1. The first-order valence-electron chi connectivity index (χ1n) is 5.27. The zero-order chi connectivity index (χ0) is 13.1. The number of hydrogen-bond acceptors (Lipinski definition) is 5. The Hall–Kier alpha value is -1.30. The molecular weight excluding hydrogens is 277 g/mol. The maximum atomic E-state index is 6.05. The molecule has 0 saturated heterocycles. The fourth-order valence-corrected chi connectivity index (χ4v) is 1.80. The zero-order valence-electron chi connectivity index (χ0n) is 9.61. The van der Waals surface area contributed by atoms with Gasteiger partial charge in [-0.05, 0) is 19.1 Å². The summed E-state index contributed by atoms with van der Waals surface area (Å²) in [5.74, 6) is 0.664. The van der Waals surface area contributed by atoms with Crippen molar-refractivity contribution >= 4 is 28.9 Å². The molecule has 5 nitrogen and oxygen atoms in total. The van der Waals surface area contributed by atoms with E-state index in [0.717, 1.165) is 0 Å². The molecule has 2 N–H and O–H groups in total. The van der Waals surface area contributed by atoms with E-state index in [-0.39, 0.29) is 12.5 Å². The first-order chi connectivity index (χ1) is 8.63. The summed E-state index contributed by atoms with van der Waals surface area (Å²) < 4.78 is 10.3. The lowest BCUT2D eigenvalue weighted by atomic mass is 10.2. The molecule has 0 aliphatic heterocycles. The number of nitrogen functional groups attached to an aromatic ring is 1. The average Bonchev–Trinajstić information content (AvgIpc) is 2.80. The molecule has 0 amide bonds. The Kier molecular flexibility index (Phi) is 4.06. The van der Waals surface area contributed by atoms with Crippen molar-refractivity contribution < 1.29 is 9.26 Å². The van der Waals surface area contributed by atoms with Gasteiger partial charge in [-0.2, -0.15) is 4.98 Å². The Morgan fingerprint density at radius 2 is 2.06 bits per heavy atom. The van der Waals surface area contributed by atoms with E-state index in [1.54, 1.807) is 12.1 Å². The Labute approximate surface area is 114 Å². The van der Waals surface area contributed by atoms with E-state index >= 15 is 0 Å². The van der Waals surface area contributed by atoms with Crippen molar-refractivity contribution in [3.63, 3.8) is 0 Å². The van der Waals surface area contributed by atoms with Gasteiger partial charge in [0, 0.05) is 6.61 Å². The summed E-state index contributed by atoms with van der Waals surface area (Å²) in [6, 6.07) is 3.24. The molecule has 0 unspecified atom stereocenters. The van der Waals surface area contributed by atoms with Crippen LogP contribution in [0.3, 0.4) is 0 Å². The van der Waals surface area contributed by atoms with Crippen LogP contribution in [0, 0.1) is 0 Å². The maximum absolute atomic E-state index is 6.05. The summed E-state index contributed by atoms with van der Waals surface area (Å²) in [4.78, 5) is 4.15. The fraction of sp³-hybridized carbons (Fsp3) is 0.273. The summed E-state index contributed by atoms with van der Waals surface area (Å²) in [5, 5.41) is 4.57. The second-order valence-corrected chi connectivity index (χ2v) is 4.29. The summed E-state index contributed by atoms with van der Waals surface area (Å²) in [7, 11) is 0. The normalized spacial score (nSPS) is 10.8. The molecule has 1 aromatic heterocycles. The minimum Gasteiger partial charge on any atom is -0.397 e. The third-order valence-corrected chi connectivity index (χ3v) is 2.90. The van der Waals surface area contributed by atoms with Crippen molar-refractivity contribution in [2.24, 2.45) is 0 Å². The van der Waals surface area contributed by atoms with Crippen molar-refractivity contribution in [2.75, 3.05) is 12.3 Å². The van der Waals surface area contributed by atoms with Crippen LogP contribution in [0.4, 0.5) is 5.69 Å². The van der Waals surface area contributed by atoms with Gasteiger partial charge < -0.3 is 15.0 Å². The number of benzene rings is 1. The van der Waals surface area contributed by atoms with Crippen molar-refractivity contribution in [1.29, 1.82) is 0 Å². The average molecular weight is 288 g/mol. The molecule has 0 radical (unpaired) electrons. The van der Waals surface area contributed by atoms with Crippen LogP contribution in [0.25, 0.3) is 11.5 Å². The van der Waals surface area contributed by atoms with E-state index in [1.165, 1.54) is 0 Å². The fourth-order valence-electron chi connectivity index (χ4n) is 1.39. The molecule has 0 spiro atoms. The van der Waals surface area contributed by atoms with Gasteiger partial charge in [-0.1, -0.05) is 28.4 Å². The van der Waals surface area contributed by atoms with Gasteiger partial charge in [-0.15, -0.1) is 0 Å². The van der Waals surface area contributed by atoms with Crippen LogP contribution in [0.5, 0.6) is 0 Å². The third-order valence-electron chi connectivity index (χ3n) is 2.26. The summed E-state index contributed by atoms with van der Waals surface area (Å²) in [5.41, 5.74) is 6.61. The first kappa shape index (κ1) is 13.1. The highest BCUT2D eigenvalue weighted by Crippen LogP contribution is 2.36. The Morgan fingerprint density at radius 1 is 1.33 bits per heavy atom. The van der Waals surface area contributed by atoms with E-state index in [4.69, 9.17) is 38.2 Å². The Balaban J connectivity index is 2.37. The Morgan fingerprint density at radius 3 is 2.78 bits per heavy atom. The van der Waals surface area contributed by atoms with Crippen LogP contribution in [-0.4, -0.2) is 16.7 Å². The van der Waals surface area contributed by atoms with E-state index in [0.29, 0.717) is 33.7 Å². The third kappa shape index (κ3) is 2.58. The monoisotopic (exact) mass is 287 g/mol. The molecule has 0 aliphatic rings. The lowest BCUT2D eigenvalue weighted by Crippen LogP contribution is -1.95. The van der Waals surface area contributed by atoms with Crippen LogP contribution in [0.1, 0.15) is 12.7 Å². The van der Waals surface area contributed by atoms with Crippen LogP contribution >= 0.6 is 23.2 Å². The SMILES string of the molecule is CCOCc1noc(-c2c(Cl)ccc(Cl)c2N)n1. The van der Waals surface area contributed by atoms with Crippen molar-refractivity contribution in [3.8, 4) is 11.5 Å². The number of aromatic nitrogens is 2. The number of rotatable bonds is 4. The standard InChI is InChI=1S/C11H11Cl2N3O2/c1-2-17-5-8-15-11(18-16-8)9-6(12)3-4-7(13)10(9)14/h3-4H,2,5,14H2,1H3. The Bertz CT molecular complexity index is 557. The minimum absolute atomic E-state index is 0.231. The molecule has 0 bridgehead atoms. The molecule has 0 fully saturated rings. The molecule has 7 heteroatoms. The zero-order valence-corrected chi connectivity index (χ0v) is 11.1. The van der Waals surface area contributed by atoms with Gasteiger partial charge in [-0.3, -0.25) is 0 Å². The molecular formula is C11H11Cl2N3O2. The van der Waals surface area contributed by atoms with Gasteiger partial charge in [0.25, 0.3) is 5.89 Å². The van der Waals surface area contributed by atoms with Gasteiger partial charge >= 0.3 is 0 Å². The molecule has 2 aromatic rings. The summed E-state index contributed by atoms with van der Waals surface area (Å²) >= 11 is 12.0. The van der Waals surface area contributed by atoms with E-state index in [1.807, 2.05) is 6.92 Å². The molecule has 2 rings (SSSR count). The molecule has 1 aromatic carbocycles. The quantitative estimate of drug-likeness (QED) is 0.875. The predicted octanol–water partition coefficient (Wildman–Crippen LogP) is 3.16. The summed E-state index contributed by atoms with van der Waals surface area (Å²) in [6.07, 6.45) is 0. The topological polar surface area (TPSA) is 74.2 Å². The summed E-state index contributed by atoms with van der Waals surface area (Å²) in [6.45, 7) is 2.73. The van der Waals surface area contributed by atoms with Crippen LogP contribution in [0.2, 0.25) is 10.0 Å². The van der Waals surface area contributed by atoms with Crippen molar-refractivity contribution in [3.05, 3.63) is 28.0 Å². The molecule has 1 heterocycles. The van der Waals surface area contributed by atoms with Gasteiger partial charge in [0.1, 0.15) is 6.61 Å². The van der Waals surface area contributed by atoms with Crippen molar-refractivity contribution in [1.82, 2.24) is 10.1 Å². The molecule has 0 saturated carbocycles. The van der Waals surface area contributed by atoms with Gasteiger partial charge in [0.05, 0.1) is 21.3 Å². The molecule has 0 atom stereocenters. The second kappa shape index (κ2) is 5.56. The van der Waals surface area contributed by atoms with E-state index < -0.39 is 0 Å². The lowest BCUT2D eigenvalue weighted by Gasteiger charge is -2.04. The number of nitrogens with two attached hydrogens (primary N) is 1. The van der Waals surface area contributed by atoms with Crippen LogP contribution in [0.15, 0.2) is 16.7 Å². The minimum atomic E-state index is 0.231. The molecule has 18 heavy (non-hydrogen) atoms.